The van der Waals surface area contributed by atoms with Crippen molar-refractivity contribution in [2.75, 3.05) is 26.2 Å². The van der Waals surface area contributed by atoms with Crippen LogP contribution in [0.3, 0.4) is 0 Å². The van der Waals surface area contributed by atoms with E-state index in [0.717, 1.165) is 19.0 Å². The Kier molecular flexibility index (Phi) is 6.27. The van der Waals surface area contributed by atoms with Gasteiger partial charge in [0.25, 0.3) is 0 Å². The molecule has 20 heavy (non-hydrogen) atoms. The smallest absolute Gasteiger partial charge is 0.0474 e. The molecule has 1 N–H and O–H groups in total. The van der Waals surface area contributed by atoms with Crippen molar-refractivity contribution in [3.63, 3.8) is 0 Å². The van der Waals surface area contributed by atoms with Crippen molar-refractivity contribution in [1.29, 1.82) is 0 Å². The van der Waals surface area contributed by atoms with E-state index in [9.17, 15) is 0 Å². The van der Waals surface area contributed by atoms with Gasteiger partial charge in [0.05, 0.1) is 0 Å². The Labute approximate surface area is 128 Å². The second kappa shape index (κ2) is 7.96. The Morgan fingerprint density at radius 3 is 2.65 bits per heavy atom. The Morgan fingerprint density at radius 1 is 1.15 bits per heavy atom. The summed E-state index contributed by atoms with van der Waals surface area (Å²) in [5.41, 5.74) is 1.41. The van der Waals surface area contributed by atoms with Crippen molar-refractivity contribution < 1.29 is 0 Å². The van der Waals surface area contributed by atoms with Gasteiger partial charge in [-0.15, -0.1) is 12.4 Å². The van der Waals surface area contributed by atoms with Crippen LogP contribution in [0.1, 0.15) is 43.7 Å². The lowest BCUT2D eigenvalue weighted by molar-refractivity contribution is 0.123. The number of pyridine rings is 1. The molecule has 1 atom stereocenters. The minimum absolute atomic E-state index is 0. The highest BCUT2D eigenvalue weighted by Crippen LogP contribution is 2.28. The van der Waals surface area contributed by atoms with Gasteiger partial charge >= 0.3 is 0 Å². The van der Waals surface area contributed by atoms with Crippen LogP contribution in [0.15, 0.2) is 24.5 Å². The SMILES string of the molecule is Cl.c1cc(C2CNCCN2CC2CCCCC2)ccn1. The van der Waals surface area contributed by atoms with E-state index in [1.807, 2.05) is 12.4 Å². The third kappa shape index (κ3) is 3.94. The molecule has 0 aromatic carbocycles. The standard InChI is InChI=1S/C16H25N3.ClH/c1-2-4-14(5-3-1)13-19-11-10-18-12-16(19)15-6-8-17-9-7-15;/h6-9,14,16,18H,1-5,10-13H2;1H. The lowest BCUT2D eigenvalue weighted by Gasteiger charge is -2.39. The van der Waals surface area contributed by atoms with E-state index in [1.54, 1.807) is 0 Å². The third-order valence-corrected chi connectivity index (χ3v) is 4.66. The molecule has 0 spiro atoms. The number of aromatic nitrogens is 1. The molecule has 0 radical (unpaired) electrons. The van der Waals surface area contributed by atoms with Crippen molar-refractivity contribution >= 4 is 12.4 Å². The van der Waals surface area contributed by atoms with Crippen LogP contribution in [0, 0.1) is 5.92 Å². The third-order valence-electron chi connectivity index (χ3n) is 4.66. The van der Waals surface area contributed by atoms with Gasteiger partial charge in [-0.3, -0.25) is 9.88 Å². The molecular weight excluding hydrogens is 270 g/mol. The quantitative estimate of drug-likeness (QED) is 0.929. The molecule has 1 saturated heterocycles. The number of nitrogens with zero attached hydrogens (tertiary/aromatic N) is 2. The van der Waals surface area contributed by atoms with E-state index < -0.39 is 0 Å². The molecule has 1 unspecified atom stereocenters. The van der Waals surface area contributed by atoms with Crippen molar-refractivity contribution in [2.45, 2.75) is 38.1 Å². The zero-order chi connectivity index (χ0) is 12.9. The van der Waals surface area contributed by atoms with Crippen molar-refractivity contribution in [3.8, 4) is 0 Å². The highest BCUT2D eigenvalue weighted by Gasteiger charge is 2.26. The molecule has 3 nitrogen and oxygen atoms in total. The van der Waals surface area contributed by atoms with Crippen molar-refractivity contribution in [2.24, 2.45) is 5.92 Å². The second-order valence-electron chi connectivity index (χ2n) is 6.00. The number of nitrogens with one attached hydrogen (secondary N) is 1. The first-order valence-electron chi connectivity index (χ1n) is 7.78. The molecule has 1 aliphatic heterocycles. The van der Waals surface area contributed by atoms with Gasteiger partial charge in [0.1, 0.15) is 0 Å². The molecular formula is C16H26ClN3. The lowest BCUT2D eigenvalue weighted by Crippen LogP contribution is -2.47. The van der Waals surface area contributed by atoms with Gasteiger partial charge in [-0.25, -0.2) is 0 Å². The van der Waals surface area contributed by atoms with Crippen LogP contribution in [0.25, 0.3) is 0 Å². The molecule has 1 aromatic rings. The fraction of sp³-hybridized carbons (Fsp3) is 0.688. The first kappa shape index (κ1) is 15.7. The topological polar surface area (TPSA) is 28.2 Å². The number of halogens is 1. The van der Waals surface area contributed by atoms with Gasteiger partial charge in [-0.1, -0.05) is 19.3 Å². The molecule has 2 aliphatic rings. The maximum Gasteiger partial charge on any atom is 0.0474 e. The number of hydrogen-bond acceptors (Lipinski definition) is 3. The minimum Gasteiger partial charge on any atom is -0.314 e. The molecule has 2 fully saturated rings. The summed E-state index contributed by atoms with van der Waals surface area (Å²) in [6.45, 7) is 4.68. The van der Waals surface area contributed by atoms with Crippen LogP contribution in [-0.2, 0) is 0 Å². The molecule has 1 aliphatic carbocycles. The molecule has 1 aromatic heterocycles. The highest BCUT2D eigenvalue weighted by molar-refractivity contribution is 5.85. The van der Waals surface area contributed by atoms with Gasteiger partial charge < -0.3 is 5.32 Å². The summed E-state index contributed by atoms with van der Waals surface area (Å²) in [5.74, 6) is 0.927. The Morgan fingerprint density at radius 2 is 1.90 bits per heavy atom. The van der Waals surface area contributed by atoms with Crippen LogP contribution < -0.4 is 5.32 Å². The van der Waals surface area contributed by atoms with E-state index in [1.165, 1.54) is 50.8 Å². The van der Waals surface area contributed by atoms with Crippen LogP contribution in [0.5, 0.6) is 0 Å². The van der Waals surface area contributed by atoms with E-state index in [0.29, 0.717) is 6.04 Å². The summed E-state index contributed by atoms with van der Waals surface area (Å²) in [5, 5.41) is 3.54. The first-order valence-corrected chi connectivity index (χ1v) is 7.78. The van der Waals surface area contributed by atoms with Crippen LogP contribution >= 0.6 is 12.4 Å². The average molecular weight is 296 g/mol. The zero-order valence-electron chi connectivity index (χ0n) is 12.1. The summed E-state index contributed by atoms with van der Waals surface area (Å²) in [7, 11) is 0. The second-order valence-corrected chi connectivity index (χ2v) is 6.00. The first-order chi connectivity index (χ1) is 9.43. The van der Waals surface area contributed by atoms with Gasteiger partial charge in [-0.2, -0.15) is 0 Å². The van der Waals surface area contributed by atoms with Gasteiger partial charge in [0.15, 0.2) is 0 Å². The van der Waals surface area contributed by atoms with Crippen molar-refractivity contribution in [3.05, 3.63) is 30.1 Å². The van der Waals surface area contributed by atoms with E-state index in [-0.39, 0.29) is 12.4 Å². The maximum absolute atomic E-state index is 4.14. The molecule has 1 saturated carbocycles. The highest BCUT2D eigenvalue weighted by atomic mass is 35.5. The zero-order valence-corrected chi connectivity index (χ0v) is 12.9. The Bertz CT molecular complexity index is 379. The molecule has 4 heteroatoms. The van der Waals surface area contributed by atoms with Crippen LogP contribution in [0.4, 0.5) is 0 Å². The van der Waals surface area contributed by atoms with Gasteiger partial charge in [0, 0.05) is 44.6 Å². The largest absolute Gasteiger partial charge is 0.314 e. The summed E-state index contributed by atoms with van der Waals surface area (Å²) in [4.78, 5) is 6.84. The fourth-order valence-electron chi connectivity index (χ4n) is 3.58. The number of hydrogen-bond donors (Lipinski definition) is 1. The molecule has 0 bridgehead atoms. The predicted molar refractivity (Wildman–Crippen MR) is 85.2 cm³/mol. The number of rotatable bonds is 3. The Hall–Kier alpha value is -0.640. The van der Waals surface area contributed by atoms with E-state index in [2.05, 4.69) is 27.3 Å². The van der Waals surface area contributed by atoms with E-state index in [4.69, 9.17) is 0 Å². The molecule has 2 heterocycles. The van der Waals surface area contributed by atoms with Crippen molar-refractivity contribution in [1.82, 2.24) is 15.2 Å². The predicted octanol–water partition coefficient (Wildman–Crippen LogP) is 3.03. The van der Waals surface area contributed by atoms with Crippen LogP contribution in [-0.4, -0.2) is 36.1 Å². The average Bonchev–Trinajstić information content (AvgIpc) is 2.50. The maximum atomic E-state index is 4.14. The molecule has 112 valence electrons. The summed E-state index contributed by atoms with van der Waals surface area (Å²) in [6.07, 6.45) is 11.0. The fourth-order valence-corrected chi connectivity index (χ4v) is 3.58. The summed E-state index contributed by atoms with van der Waals surface area (Å²) >= 11 is 0. The van der Waals surface area contributed by atoms with Crippen LogP contribution in [0.2, 0.25) is 0 Å². The monoisotopic (exact) mass is 295 g/mol. The molecule has 0 amide bonds. The Balaban J connectivity index is 0.00000147. The van der Waals surface area contributed by atoms with E-state index >= 15 is 0 Å². The van der Waals surface area contributed by atoms with Gasteiger partial charge in [-0.05, 0) is 36.5 Å². The summed E-state index contributed by atoms with van der Waals surface area (Å²) < 4.78 is 0. The minimum atomic E-state index is 0. The molecule has 3 rings (SSSR count). The normalized spacial score (nSPS) is 25.1. The summed E-state index contributed by atoms with van der Waals surface area (Å²) in [6, 6.07) is 4.88. The van der Waals surface area contributed by atoms with Gasteiger partial charge in [0.2, 0.25) is 0 Å². The number of piperazine rings is 1. The lowest BCUT2D eigenvalue weighted by atomic mass is 9.88.